The van der Waals surface area contributed by atoms with Gasteiger partial charge in [0, 0.05) is 13.3 Å². The van der Waals surface area contributed by atoms with Gasteiger partial charge in [0.25, 0.3) is 5.97 Å². The number of carbonyl (C=O) groups is 2. The third-order valence-corrected chi connectivity index (χ3v) is 3.60. The molecule has 1 saturated carbocycles. The van der Waals surface area contributed by atoms with Gasteiger partial charge < -0.3 is 10.2 Å². The minimum absolute atomic E-state index is 0.368. The Hall–Kier alpha value is -1.06. The molecule has 1 rings (SSSR count). The summed E-state index contributed by atoms with van der Waals surface area (Å²) in [5.74, 6) is 0.925. The maximum atomic E-state index is 10.7. The van der Waals surface area contributed by atoms with Crippen molar-refractivity contribution in [1.82, 2.24) is 0 Å². The van der Waals surface area contributed by atoms with Gasteiger partial charge in [0.1, 0.15) is 0 Å². The molecule has 0 heterocycles. The van der Waals surface area contributed by atoms with Crippen LogP contribution in [0.25, 0.3) is 0 Å². The molecule has 4 heteroatoms. The molecular formula is C14H26O4. The zero-order valence-electron chi connectivity index (χ0n) is 11.8. The van der Waals surface area contributed by atoms with Crippen molar-refractivity contribution < 1.29 is 19.8 Å². The topological polar surface area (TPSA) is 74.6 Å². The molecule has 1 aliphatic carbocycles. The lowest BCUT2D eigenvalue weighted by molar-refractivity contribution is -0.139. The molecule has 0 aromatic rings. The fourth-order valence-corrected chi connectivity index (χ4v) is 2.86. The molecule has 0 aliphatic heterocycles. The lowest BCUT2D eigenvalue weighted by Crippen LogP contribution is -2.29. The molecule has 0 aromatic carbocycles. The molecule has 0 saturated heterocycles. The summed E-state index contributed by atoms with van der Waals surface area (Å²) in [7, 11) is 0. The second kappa shape index (κ2) is 8.11. The molecule has 1 aliphatic rings. The Balaban J connectivity index is 0.000000631. The third kappa shape index (κ3) is 7.30. The van der Waals surface area contributed by atoms with Crippen LogP contribution >= 0.6 is 0 Å². The number of hydrogen-bond acceptors (Lipinski definition) is 2. The summed E-state index contributed by atoms with van der Waals surface area (Å²) in [5.41, 5.74) is 0. The Kier molecular flexibility index (Phi) is 7.64. The zero-order valence-corrected chi connectivity index (χ0v) is 11.8. The van der Waals surface area contributed by atoms with E-state index in [0.717, 1.165) is 13.3 Å². The molecular weight excluding hydrogens is 232 g/mol. The van der Waals surface area contributed by atoms with Gasteiger partial charge >= 0.3 is 5.97 Å². The van der Waals surface area contributed by atoms with E-state index in [0.29, 0.717) is 30.1 Å². The van der Waals surface area contributed by atoms with Crippen molar-refractivity contribution in [2.24, 2.45) is 23.7 Å². The highest BCUT2D eigenvalue weighted by Crippen LogP contribution is 2.39. The van der Waals surface area contributed by atoms with Gasteiger partial charge in [-0.25, -0.2) is 0 Å². The van der Waals surface area contributed by atoms with Crippen LogP contribution in [0.3, 0.4) is 0 Å². The summed E-state index contributed by atoms with van der Waals surface area (Å²) in [6, 6.07) is 0. The highest BCUT2D eigenvalue weighted by Gasteiger charge is 2.31. The van der Waals surface area contributed by atoms with Crippen molar-refractivity contribution in [3.63, 3.8) is 0 Å². The Bertz CT molecular complexity index is 269. The van der Waals surface area contributed by atoms with Gasteiger partial charge in [0.15, 0.2) is 0 Å². The Labute approximate surface area is 109 Å². The molecule has 0 spiro atoms. The number of carboxylic acids is 2. The van der Waals surface area contributed by atoms with E-state index in [2.05, 4.69) is 20.8 Å². The van der Waals surface area contributed by atoms with Crippen LogP contribution in [0.1, 0.15) is 53.4 Å². The van der Waals surface area contributed by atoms with Crippen molar-refractivity contribution in [2.75, 3.05) is 0 Å². The molecule has 3 atom stereocenters. The van der Waals surface area contributed by atoms with E-state index in [4.69, 9.17) is 15.0 Å². The van der Waals surface area contributed by atoms with Crippen LogP contribution in [0, 0.1) is 23.7 Å². The number of aliphatic carboxylic acids is 2. The van der Waals surface area contributed by atoms with Crippen molar-refractivity contribution >= 4 is 11.9 Å². The standard InChI is InChI=1S/C12H22O2.C2H4O2/c1-8(2)11-5-4-9(3)6-10(11)7-12(13)14;1-2(3)4/h8-11H,4-7H2,1-3H3,(H,13,14);1H3,(H,3,4). The van der Waals surface area contributed by atoms with Crippen LogP contribution in [0.15, 0.2) is 0 Å². The highest BCUT2D eigenvalue weighted by molar-refractivity contribution is 5.67. The largest absolute Gasteiger partial charge is 0.481 e. The predicted molar refractivity (Wildman–Crippen MR) is 70.4 cm³/mol. The first-order chi connectivity index (χ1) is 8.23. The van der Waals surface area contributed by atoms with Crippen molar-refractivity contribution in [3.05, 3.63) is 0 Å². The van der Waals surface area contributed by atoms with Gasteiger partial charge in [-0.15, -0.1) is 0 Å². The summed E-state index contributed by atoms with van der Waals surface area (Å²) >= 11 is 0. The van der Waals surface area contributed by atoms with Gasteiger partial charge in [-0.2, -0.15) is 0 Å². The maximum Gasteiger partial charge on any atom is 0.303 e. The minimum atomic E-state index is -0.833. The summed E-state index contributed by atoms with van der Waals surface area (Å²) < 4.78 is 0. The molecule has 2 N–H and O–H groups in total. The van der Waals surface area contributed by atoms with Gasteiger partial charge in [0.05, 0.1) is 0 Å². The molecule has 4 nitrogen and oxygen atoms in total. The Morgan fingerprint density at radius 1 is 1.22 bits per heavy atom. The molecule has 1 fully saturated rings. The number of hydrogen-bond donors (Lipinski definition) is 2. The average molecular weight is 258 g/mol. The Morgan fingerprint density at radius 2 is 1.72 bits per heavy atom. The third-order valence-electron chi connectivity index (χ3n) is 3.60. The fraction of sp³-hybridized carbons (Fsp3) is 0.857. The first kappa shape index (κ1) is 16.9. The summed E-state index contributed by atoms with van der Waals surface area (Å²) in [6.07, 6.45) is 3.97. The summed E-state index contributed by atoms with van der Waals surface area (Å²) in [6.45, 7) is 7.76. The van der Waals surface area contributed by atoms with E-state index < -0.39 is 11.9 Å². The fourth-order valence-electron chi connectivity index (χ4n) is 2.86. The second-order valence-corrected chi connectivity index (χ2v) is 5.70. The lowest BCUT2D eigenvalue weighted by atomic mass is 9.69. The van der Waals surface area contributed by atoms with Crippen molar-refractivity contribution in [1.29, 1.82) is 0 Å². The van der Waals surface area contributed by atoms with Crippen LogP contribution < -0.4 is 0 Å². The van der Waals surface area contributed by atoms with E-state index >= 15 is 0 Å². The lowest BCUT2D eigenvalue weighted by Gasteiger charge is -2.36. The first-order valence-corrected chi connectivity index (χ1v) is 6.65. The molecule has 0 amide bonds. The van der Waals surface area contributed by atoms with Gasteiger partial charge in [-0.1, -0.05) is 27.2 Å². The van der Waals surface area contributed by atoms with Crippen molar-refractivity contribution in [2.45, 2.75) is 53.4 Å². The van der Waals surface area contributed by atoms with E-state index in [-0.39, 0.29) is 0 Å². The van der Waals surface area contributed by atoms with Gasteiger partial charge in [-0.05, 0) is 36.5 Å². The van der Waals surface area contributed by atoms with Crippen LogP contribution in [0.5, 0.6) is 0 Å². The van der Waals surface area contributed by atoms with Gasteiger partial charge in [0.2, 0.25) is 0 Å². The van der Waals surface area contributed by atoms with E-state index in [1.807, 2.05) is 0 Å². The van der Waals surface area contributed by atoms with Gasteiger partial charge in [-0.3, -0.25) is 9.59 Å². The number of carboxylic acid groups (broad SMARTS) is 2. The molecule has 106 valence electrons. The van der Waals surface area contributed by atoms with Crippen LogP contribution in [-0.2, 0) is 9.59 Å². The van der Waals surface area contributed by atoms with Crippen LogP contribution in [0.4, 0.5) is 0 Å². The SMILES string of the molecule is CC(=O)O.CC1CCC(C(C)C)C(CC(=O)O)C1. The molecule has 18 heavy (non-hydrogen) atoms. The van der Waals surface area contributed by atoms with E-state index in [1.165, 1.54) is 12.8 Å². The first-order valence-electron chi connectivity index (χ1n) is 6.65. The zero-order chi connectivity index (χ0) is 14.3. The smallest absolute Gasteiger partial charge is 0.303 e. The van der Waals surface area contributed by atoms with Crippen LogP contribution in [-0.4, -0.2) is 22.2 Å². The molecule has 0 aromatic heterocycles. The number of rotatable bonds is 3. The average Bonchev–Trinajstić information content (AvgIpc) is 2.14. The molecule has 3 unspecified atom stereocenters. The molecule has 0 bridgehead atoms. The summed E-state index contributed by atoms with van der Waals surface area (Å²) in [5, 5.41) is 16.3. The monoisotopic (exact) mass is 258 g/mol. The second-order valence-electron chi connectivity index (χ2n) is 5.70. The minimum Gasteiger partial charge on any atom is -0.481 e. The normalized spacial score (nSPS) is 27.3. The predicted octanol–water partition coefficient (Wildman–Crippen LogP) is 3.26. The molecule has 0 radical (unpaired) electrons. The van der Waals surface area contributed by atoms with Crippen molar-refractivity contribution in [3.8, 4) is 0 Å². The Morgan fingerprint density at radius 3 is 2.11 bits per heavy atom. The quantitative estimate of drug-likeness (QED) is 0.814. The maximum absolute atomic E-state index is 10.7. The summed E-state index contributed by atoms with van der Waals surface area (Å²) in [4.78, 5) is 19.7. The van der Waals surface area contributed by atoms with E-state index in [1.54, 1.807) is 0 Å². The van der Waals surface area contributed by atoms with Crippen LogP contribution in [0.2, 0.25) is 0 Å². The highest BCUT2D eigenvalue weighted by atomic mass is 16.4. The van der Waals surface area contributed by atoms with E-state index in [9.17, 15) is 4.79 Å².